The third-order valence-corrected chi connectivity index (χ3v) is 5.41. The van der Waals surface area contributed by atoms with Crippen LogP contribution in [0.15, 0.2) is 34.2 Å². The number of rotatable bonds is 5. The second kappa shape index (κ2) is 7.44. The first-order chi connectivity index (χ1) is 11.9. The Balaban J connectivity index is 1.65. The van der Waals surface area contributed by atoms with Gasteiger partial charge in [0.15, 0.2) is 5.16 Å². The van der Waals surface area contributed by atoms with Crippen LogP contribution in [-0.2, 0) is 17.6 Å². The normalized spacial score (nSPS) is 14.4. The minimum absolute atomic E-state index is 0.0677. The summed E-state index contributed by atoms with van der Waals surface area (Å²) >= 11 is 1.28. The molecule has 1 heterocycles. The number of fused-ring (bicyclic) bond motifs is 1. The summed E-state index contributed by atoms with van der Waals surface area (Å²) in [6.45, 7) is 6.09. The summed E-state index contributed by atoms with van der Waals surface area (Å²) < 4.78 is 0. The second-order valence-electron chi connectivity index (χ2n) is 6.68. The average molecular weight is 357 g/mol. The Morgan fingerprint density at radius 1 is 1.20 bits per heavy atom. The fraction of sp³-hybridized carbons (Fsp3) is 0.421. The van der Waals surface area contributed by atoms with Crippen molar-refractivity contribution in [2.24, 2.45) is 0 Å². The van der Waals surface area contributed by atoms with E-state index < -0.39 is 0 Å². The lowest BCUT2D eigenvalue weighted by Crippen LogP contribution is -2.23. The topological polar surface area (TPSA) is 74.8 Å². The van der Waals surface area contributed by atoms with Gasteiger partial charge in [0.2, 0.25) is 5.91 Å². The van der Waals surface area contributed by atoms with Crippen molar-refractivity contribution in [3.8, 4) is 0 Å². The molecule has 1 aromatic heterocycles. The molecule has 0 saturated heterocycles. The van der Waals surface area contributed by atoms with Crippen molar-refractivity contribution >= 4 is 23.4 Å². The molecule has 0 spiro atoms. The monoisotopic (exact) mass is 357 g/mol. The number of anilines is 1. The third kappa shape index (κ3) is 4.12. The zero-order valence-electron chi connectivity index (χ0n) is 14.8. The highest BCUT2D eigenvalue weighted by Crippen LogP contribution is 2.24. The highest BCUT2D eigenvalue weighted by molar-refractivity contribution is 8.00. The molecule has 2 N–H and O–H groups in total. The number of aromatic amines is 1. The number of thioether (sulfide) groups is 1. The number of aromatic nitrogens is 2. The molecule has 3 rings (SSSR count). The van der Waals surface area contributed by atoms with Gasteiger partial charge in [0.05, 0.1) is 10.9 Å². The van der Waals surface area contributed by atoms with Crippen LogP contribution in [0.3, 0.4) is 0 Å². The smallest absolute Gasteiger partial charge is 0.254 e. The molecule has 0 radical (unpaired) electrons. The highest BCUT2D eigenvalue weighted by Gasteiger charge is 2.20. The van der Waals surface area contributed by atoms with Gasteiger partial charge in [0, 0.05) is 11.3 Å². The van der Waals surface area contributed by atoms with E-state index in [1.165, 1.54) is 17.3 Å². The molecule has 0 fully saturated rings. The van der Waals surface area contributed by atoms with Gasteiger partial charge in [-0.3, -0.25) is 9.59 Å². The van der Waals surface area contributed by atoms with Crippen LogP contribution in [0.2, 0.25) is 0 Å². The number of aryl methyl sites for hydroxylation is 1. The maximum atomic E-state index is 12.4. The van der Waals surface area contributed by atoms with Crippen LogP contribution >= 0.6 is 11.8 Å². The summed E-state index contributed by atoms with van der Waals surface area (Å²) in [5.41, 5.74) is 3.62. The van der Waals surface area contributed by atoms with Gasteiger partial charge < -0.3 is 10.3 Å². The van der Waals surface area contributed by atoms with E-state index >= 15 is 0 Å². The fourth-order valence-corrected chi connectivity index (χ4v) is 3.71. The van der Waals surface area contributed by atoms with Crippen molar-refractivity contribution in [3.05, 3.63) is 51.4 Å². The lowest BCUT2D eigenvalue weighted by molar-refractivity contribution is -0.115. The first kappa shape index (κ1) is 17.7. The van der Waals surface area contributed by atoms with E-state index in [2.05, 4.69) is 29.1 Å². The molecule has 5 nitrogen and oxygen atoms in total. The van der Waals surface area contributed by atoms with Crippen molar-refractivity contribution in [2.45, 2.75) is 56.4 Å². The number of carbonyl (C=O) groups is 1. The van der Waals surface area contributed by atoms with E-state index in [-0.39, 0.29) is 16.7 Å². The lowest BCUT2D eigenvalue weighted by Gasteiger charge is -2.13. The summed E-state index contributed by atoms with van der Waals surface area (Å²) in [5.74, 6) is 0.354. The average Bonchev–Trinajstić information content (AvgIpc) is 3.04. The van der Waals surface area contributed by atoms with E-state index in [1.54, 1.807) is 0 Å². The Labute approximate surface area is 151 Å². The van der Waals surface area contributed by atoms with Gasteiger partial charge >= 0.3 is 0 Å². The highest BCUT2D eigenvalue weighted by atomic mass is 32.2. The number of amides is 1. The number of nitrogens with zero attached hydrogens (tertiary/aromatic N) is 1. The minimum atomic E-state index is -0.354. The maximum absolute atomic E-state index is 12.4. The predicted octanol–water partition coefficient (Wildman–Crippen LogP) is 3.50. The molecule has 1 unspecified atom stereocenters. The first-order valence-electron chi connectivity index (χ1n) is 8.63. The first-order valence-corrected chi connectivity index (χ1v) is 9.51. The summed E-state index contributed by atoms with van der Waals surface area (Å²) in [6, 6.07) is 7.88. The molecule has 0 aliphatic heterocycles. The molecule has 2 aromatic rings. The molecule has 1 aromatic carbocycles. The largest absolute Gasteiger partial charge is 0.325 e. The van der Waals surface area contributed by atoms with E-state index in [9.17, 15) is 9.59 Å². The molecule has 0 bridgehead atoms. The molecule has 1 aliphatic rings. The van der Waals surface area contributed by atoms with E-state index in [0.29, 0.717) is 11.1 Å². The molecular weight excluding hydrogens is 334 g/mol. The SMILES string of the molecule is CC(Sc1nc2c(c(=O)[nH]1)CCC2)C(=O)Nc1ccc(C(C)C)cc1. The zero-order chi connectivity index (χ0) is 18.0. The second-order valence-corrected chi connectivity index (χ2v) is 8.01. The van der Waals surface area contributed by atoms with Gasteiger partial charge in [-0.05, 0) is 49.8 Å². The quantitative estimate of drug-likeness (QED) is 0.634. The number of hydrogen-bond acceptors (Lipinski definition) is 4. The molecule has 25 heavy (non-hydrogen) atoms. The Hall–Kier alpha value is -2.08. The molecular formula is C19H23N3O2S. The molecule has 132 valence electrons. The number of H-pyrrole nitrogens is 1. The van der Waals surface area contributed by atoms with Gasteiger partial charge in [-0.25, -0.2) is 4.98 Å². The molecule has 1 amide bonds. The number of hydrogen-bond donors (Lipinski definition) is 2. The Morgan fingerprint density at radius 2 is 1.92 bits per heavy atom. The van der Waals surface area contributed by atoms with Crippen LogP contribution < -0.4 is 10.9 Å². The third-order valence-electron chi connectivity index (χ3n) is 4.42. The van der Waals surface area contributed by atoms with Crippen LogP contribution in [0.4, 0.5) is 5.69 Å². The van der Waals surface area contributed by atoms with E-state index in [4.69, 9.17) is 0 Å². The van der Waals surface area contributed by atoms with Gasteiger partial charge in [-0.15, -0.1) is 0 Å². The predicted molar refractivity (Wildman–Crippen MR) is 101 cm³/mol. The molecule has 1 atom stereocenters. The van der Waals surface area contributed by atoms with Crippen molar-refractivity contribution in [3.63, 3.8) is 0 Å². The van der Waals surface area contributed by atoms with Gasteiger partial charge in [-0.2, -0.15) is 0 Å². The fourth-order valence-electron chi connectivity index (χ4n) is 2.89. The van der Waals surface area contributed by atoms with E-state index in [0.717, 1.165) is 36.2 Å². The van der Waals surface area contributed by atoms with Crippen LogP contribution in [0.25, 0.3) is 0 Å². The van der Waals surface area contributed by atoms with Crippen molar-refractivity contribution in [2.75, 3.05) is 5.32 Å². The molecule has 0 saturated carbocycles. The van der Waals surface area contributed by atoms with Crippen LogP contribution in [0.1, 0.15) is 49.9 Å². The summed E-state index contributed by atoms with van der Waals surface area (Å²) in [6.07, 6.45) is 2.61. The van der Waals surface area contributed by atoms with Crippen molar-refractivity contribution in [1.82, 2.24) is 9.97 Å². The zero-order valence-corrected chi connectivity index (χ0v) is 15.6. The molecule has 6 heteroatoms. The van der Waals surface area contributed by atoms with Gasteiger partial charge in [0.1, 0.15) is 0 Å². The van der Waals surface area contributed by atoms with Gasteiger partial charge in [0.25, 0.3) is 5.56 Å². The Morgan fingerprint density at radius 3 is 2.60 bits per heavy atom. The van der Waals surface area contributed by atoms with Gasteiger partial charge in [-0.1, -0.05) is 37.7 Å². The summed E-state index contributed by atoms with van der Waals surface area (Å²) in [7, 11) is 0. The van der Waals surface area contributed by atoms with E-state index in [1.807, 2.05) is 31.2 Å². The minimum Gasteiger partial charge on any atom is -0.325 e. The lowest BCUT2D eigenvalue weighted by atomic mass is 10.0. The molecule has 1 aliphatic carbocycles. The van der Waals surface area contributed by atoms with Crippen LogP contribution in [0, 0.1) is 0 Å². The number of carbonyl (C=O) groups excluding carboxylic acids is 1. The number of benzene rings is 1. The van der Waals surface area contributed by atoms with Crippen LogP contribution in [-0.4, -0.2) is 21.1 Å². The number of nitrogens with one attached hydrogen (secondary N) is 2. The Bertz CT molecular complexity index is 828. The Kier molecular flexibility index (Phi) is 5.27. The summed E-state index contributed by atoms with van der Waals surface area (Å²) in [4.78, 5) is 31.7. The van der Waals surface area contributed by atoms with Crippen molar-refractivity contribution < 1.29 is 4.79 Å². The maximum Gasteiger partial charge on any atom is 0.254 e. The van der Waals surface area contributed by atoms with Crippen molar-refractivity contribution in [1.29, 1.82) is 0 Å². The summed E-state index contributed by atoms with van der Waals surface area (Å²) in [5, 5.41) is 3.08. The standard InChI is InChI=1S/C19H23N3O2S/c1-11(2)13-7-9-14(10-8-13)20-17(23)12(3)25-19-21-16-6-4-5-15(16)18(24)22-19/h7-12H,4-6H2,1-3H3,(H,20,23)(H,21,22,24). The van der Waals surface area contributed by atoms with Crippen LogP contribution in [0.5, 0.6) is 0 Å².